The Morgan fingerprint density at radius 2 is 2.11 bits per heavy atom. The highest BCUT2D eigenvalue weighted by molar-refractivity contribution is 5.81. The van der Waals surface area contributed by atoms with Crippen molar-refractivity contribution in [2.24, 2.45) is 5.92 Å². The molecule has 1 N–H and O–H groups in total. The van der Waals surface area contributed by atoms with Crippen LogP contribution in [0.15, 0.2) is 0 Å². The summed E-state index contributed by atoms with van der Waals surface area (Å²) in [6, 6.07) is -0.688. The topological polar surface area (TPSA) is 73.9 Å². The summed E-state index contributed by atoms with van der Waals surface area (Å²) >= 11 is 0. The Morgan fingerprint density at radius 1 is 1.42 bits per heavy atom. The molecule has 0 aromatic heterocycles. The van der Waals surface area contributed by atoms with Crippen molar-refractivity contribution in [3.63, 3.8) is 0 Å². The van der Waals surface area contributed by atoms with Gasteiger partial charge in [0.05, 0.1) is 7.11 Å². The van der Waals surface area contributed by atoms with Gasteiger partial charge in [0, 0.05) is 13.2 Å². The third-order valence-electron chi connectivity index (χ3n) is 2.77. The summed E-state index contributed by atoms with van der Waals surface area (Å²) in [5.74, 6) is -0.197. The van der Waals surface area contributed by atoms with Gasteiger partial charge in [-0.2, -0.15) is 0 Å². The third-order valence-corrected chi connectivity index (χ3v) is 2.77. The predicted octanol–water partition coefficient (Wildman–Crippen LogP) is 1.48. The van der Waals surface area contributed by atoms with E-state index in [2.05, 4.69) is 5.32 Å². The molecule has 0 aromatic rings. The highest BCUT2D eigenvalue weighted by Gasteiger charge is 2.29. The van der Waals surface area contributed by atoms with Gasteiger partial charge < -0.3 is 19.5 Å². The molecule has 1 aliphatic heterocycles. The minimum absolute atomic E-state index is 0.263. The first-order valence-electron chi connectivity index (χ1n) is 6.47. The van der Waals surface area contributed by atoms with Crippen molar-refractivity contribution in [1.82, 2.24) is 5.32 Å². The van der Waals surface area contributed by atoms with E-state index in [1.807, 2.05) is 0 Å². The second-order valence-corrected chi connectivity index (χ2v) is 5.69. The Hall–Kier alpha value is -1.30. The van der Waals surface area contributed by atoms with Crippen LogP contribution in [0.25, 0.3) is 0 Å². The number of amides is 1. The van der Waals surface area contributed by atoms with Crippen LogP contribution in [0.5, 0.6) is 0 Å². The summed E-state index contributed by atoms with van der Waals surface area (Å²) in [5.41, 5.74) is -0.596. The van der Waals surface area contributed by atoms with Crippen molar-refractivity contribution >= 4 is 12.1 Å². The van der Waals surface area contributed by atoms with Crippen LogP contribution in [0, 0.1) is 5.92 Å². The predicted molar refractivity (Wildman–Crippen MR) is 68.7 cm³/mol. The van der Waals surface area contributed by atoms with Gasteiger partial charge in [0.1, 0.15) is 11.6 Å². The van der Waals surface area contributed by atoms with E-state index in [1.54, 1.807) is 20.8 Å². The fraction of sp³-hybridized carbons (Fsp3) is 0.846. The van der Waals surface area contributed by atoms with Crippen LogP contribution in [0.2, 0.25) is 0 Å². The van der Waals surface area contributed by atoms with Crippen LogP contribution in [-0.2, 0) is 19.0 Å². The lowest BCUT2D eigenvalue weighted by atomic mass is 9.99. The van der Waals surface area contributed by atoms with E-state index < -0.39 is 23.7 Å². The summed E-state index contributed by atoms with van der Waals surface area (Å²) in [6.45, 7) is 6.62. The summed E-state index contributed by atoms with van der Waals surface area (Å²) in [5, 5.41) is 2.56. The van der Waals surface area contributed by atoms with Crippen LogP contribution in [0.4, 0.5) is 4.79 Å². The van der Waals surface area contributed by atoms with Gasteiger partial charge in [-0.25, -0.2) is 9.59 Å². The van der Waals surface area contributed by atoms with Crippen LogP contribution in [-0.4, -0.2) is 44.0 Å². The monoisotopic (exact) mass is 273 g/mol. The third kappa shape index (κ3) is 5.92. The number of carbonyl (C=O) groups is 2. The molecule has 1 heterocycles. The highest BCUT2D eigenvalue weighted by atomic mass is 16.6. The number of carbonyl (C=O) groups excluding carboxylic acids is 2. The molecule has 1 aliphatic rings. The summed E-state index contributed by atoms with van der Waals surface area (Å²) in [4.78, 5) is 23.4. The van der Waals surface area contributed by atoms with E-state index >= 15 is 0 Å². The first-order valence-corrected chi connectivity index (χ1v) is 6.47. The van der Waals surface area contributed by atoms with E-state index in [0.29, 0.717) is 19.6 Å². The zero-order chi connectivity index (χ0) is 14.5. The first-order chi connectivity index (χ1) is 8.81. The number of alkyl carbamates (subject to hydrolysis) is 1. The van der Waals surface area contributed by atoms with Crippen LogP contribution < -0.4 is 5.32 Å². The molecular weight excluding hydrogens is 250 g/mol. The number of rotatable bonds is 4. The lowest BCUT2D eigenvalue weighted by Crippen LogP contribution is -2.45. The summed E-state index contributed by atoms with van der Waals surface area (Å²) in [6.07, 6.45) is 0.789. The maximum Gasteiger partial charge on any atom is 0.408 e. The fourth-order valence-electron chi connectivity index (χ4n) is 1.91. The largest absolute Gasteiger partial charge is 0.467 e. The van der Waals surface area contributed by atoms with Crippen molar-refractivity contribution in [1.29, 1.82) is 0 Å². The lowest BCUT2D eigenvalue weighted by Gasteiger charge is -2.23. The number of hydrogen-bond donors (Lipinski definition) is 1. The molecule has 0 radical (unpaired) electrons. The van der Waals surface area contributed by atoms with Gasteiger partial charge in [-0.1, -0.05) is 0 Å². The molecule has 19 heavy (non-hydrogen) atoms. The van der Waals surface area contributed by atoms with Crippen molar-refractivity contribution < 1.29 is 23.8 Å². The van der Waals surface area contributed by atoms with Gasteiger partial charge >= 0.3 is 12.1 Å². The quantitative estimate of drug-likeness (QED) is 0.785. The minimum Gasteiger partial charge on any atom is -0.467 e. The second kappa shape index (κ2) is 6.75. The van der Waals surface area contributed by atoms with Crippen molar-refractivity contribution in [2.75, 3.05) is 20.3 Å². The molecule has 6 nitrogen and oxygen atoms in total. The molecule has 1 amide bonds. The van der Waals surface area contributed by atoms with Gasteiger partial charge in [-0.15, -0.1) is 0 Å². The van der Waals surface area contributed by atoms with Gasteiger partial charge in [-0.05, 0) is 39.5 Å². The van der Waals surface area contributed by atoms with Crippen LogP contribution in [0.1, 0.15) is 33.6 Å². The van der Waals surface area contributed by atoms with E-state index in [4.69, 9.17) is 14.2 Å². The molecule has 0 aliphatic carbocycles. The van der Waals surface area contributed by atoms with E-state index in [1.165, 1.54) is 7.11 Å². The number of nitrogens with one attached hydrogen (secondary N) is 1. The smallest absolute Gasteiger partial charge is 0.408 e. The molecule has 0 saturated carbocycles. The summed E-state index contributed by atoms with van der Waals surface area (Å²) in [7, 11) is 1.30. The number of ether oxygens (including phenoxy) is 3. The number of esters is 1. The number of methoxy groups -OCH3 is 1. The molecule has 1 saturated heterocycles. The lowest BCUT2D eigenvalue weighted by molar-refractivity contribution is -0.143. The molecule has 1 rings (SSSR count). The minimum atomic E-state index is -0.688. The van der Waals surface area contributed by atoms with Crippen molar-refractivity contribution in [3.8, 4) is 0 Å². The molecule has 1 fully saturated rings. The zero-order valence-electron chi connectivity index (χ0n) is 12.0. The molecule has 2 atom stereocenters. The van der Waals surface area contributed by atoms with E-state index in [-0.39, 0.29) is 5.92 Å². The standard InChI is InChI=1S/C13H23NO5/c1-13(2,3)19-12(16)14-10(11(15)17-4)7-9-5-6-18-8-9/h9-10H,5-8H2,1-4H3,(H,14,16)/t9?,10-/m0/s1. The maximum atomic E-state index is 11.7. The first kappa shape index (κ1) is 15.8. The van der Waals surface area contributed by atoms with Crippen LogP contribution >= 0.6 is 0 Å². The number of hydrogen-bond acceptors (Lipinski definition) is 5. The Balaban J connectivity index is 2.53. The summed E-state index contributed by atoms with van der Waals surface area (Å²) < 4.78 is 15.1. The molecule has 6 heteroatoms. The Bertz CT molecular complexity index is 317. The van der Waals surface area contributed by atoms with Crippen LogP contribution in [0.3, 0.4) is 0 Å². The van der Waals surface area contributed by atoms with E-state index in [9.17, 15) is 9.59 Å². The van der Waals surface area contributed by atoms with E-state index in [0.717, 1.165) is 6.42 Å². The molecule has 0 spiro atoms. The van der Waals surface area contributed by atoms with Gasteiger partial charge in [0.15, 0.2) is 0 Å². The van der Waals surface area contributed by atoms with Gasteiger partial charge in [0.2, 0.25) is 0 Å². The van der Waals surface area contributed by atoms with Crippen molar-refractivity contribution in [2.45, 2.75) is 45.3 Å². The Labute approximate surface area is 113 Å². The maximum absolute atomic E-state index is 11.7. The fourth-order valence-corrected chi connectivity index (χ4v) is 1.91. The average molecular weight is 273 g/mol. The molecule has 0 bridgehead atoms. The molecule has 0 aromatic carbocycles. The normalized spacial score (nSPS) is 20.7. The average Bonchev–Trinajstić information content (AvgIpc) is 2.77. The molecule has 1 unspecified atom stereocenters. The van der Waals surface area contributed by atoms with Gasteiger partial charge in [-0.3, -0.25) is 0 Å². The zero-order valence-corrected chi connectivity index (χ0v) is 12.0. The SMILES string of the molecule is COC(=O)[C@H](CC1CCOC1)NC(=O)OC(C)(C)C. The Morgan fingerprint density at radius 3 is 2.58 bits per heavy atom. The van der Waals surface area contributed by atoms with Crippen molar-refractivity contribution in [3.05, 3.63) is 0 Å². The van der Waals surface area contributed by atoms with Gasteiger partial charge in [0.25, 0.3) is 0 Å². The molecular formula is C13H23NO5. The second-order valence-electron chi connectivity index (χ2n) is 5.69. The Kier molecular flexibility index (Phi) is 5.60. The molecule has 110 valence electrons. The highest BCUT2D eigenvalue weighted by Crippen LogP contribution is 2.19.